The van der Waals surface area contributed by atoms with Gasteiger partial charge in [-0.15, -0.1) is 0 Å². The van der Waals surface area contributed by atoms with Gasteiger partial charge in [-0.3, -0.25) is 4.98 Å². The summed E-state index contributed by atoms with van der Waals surface area (Å²) in [5.74, 6) is 1.21. The molecule has 1 fully saturated rings. The lowest BCUT2D eigenvalue weighted by molar-refractivity contribution is 0.330. The summed E-state index contributed by atoms with van der Waals surface area (Å²) in [5, 5.41) is 0.669. The van der Waals surface area contributed by atoms with Gasteiger partial charge in [-0.1, -0.05) is 11.6 Å². The summed E-state index contributed by atoms with van der Waals surface area (Å²) in [6.07, 6.45) is 3.75. The van der Waals surface area contributed by atoms with Gasteiger partial charge in [-0.2, -0.15) is 0 Å². The Balaban J connectivity index is 1.81. The number of likely N-dealkylation sites (tertiary alicyclic amines) is 1. The molecule has 0 radical (unpaired) electrons. The molecule has 3 heterocycles. The summed E-state index contributed by atoms with van der Waals surface area (Å²) in [4.78, 5) is 11.3. The molecule has 2 aromatic heterocycles. The van der Waals surface area contributed by atoms with Crippen LogP contribution >= 0.6 is 11.6 Å². The zero-order valence-corrected chi connectivity index (χ0v) is 13.5. The molecule has 1 saturated heterocycles. The molecule has 2 aromatic rings. The molecule has 2 N–H and O–H groups in total. The van der Waals surface area contributed by atoms with Gasteiger partial charge in [0.15, 0.2) is 0 Å². The number of pyridine rings is 2. The van der Waals surface area contributed by atoms with Gasteiger partial charge in [-0.25, -0.2) is 4.98 Å². The molecule has 22 heavy (non-hydrogen) atoms. The average Bonchev–Trinajstić information content (AvgIpc) is 3.01. The van der Waals surface area contributed by atoms with Crippen molar-refractivity contribution in [2.75, 3.05) is 33.3 Å². The number of hydrogen-bond acceptors (Lipinski definition) is 5. The fraction of sp³-hybridized carbons (Fsp3) is 0.500. The fourth-order valence-electron chi connectivity index (χ4n) is 3.01. The van der Waals surface area contributed by atoms with Gasteiger partial charge in [0.25, 0.3) is 0 Å². The highest BCUT2D eigenvalue weighted by molar-refractivity contribution is 6.32. The van der Waals surface area contributed by atoms with Crippen LogP contribution in [-0.4, -0.2) is 48.2 Å². The molecule has 0 unspecified atom stereocenters. The Morgan fingerprint density at radius 2 is 2.32 bits per heavy atom. The Labute approximate surface area is 135 Å². The van der Waals surface area contributed by atoms with Crippen molar-refractivity contribution < 1.29 is 4.74 Å². The molecule has 6 heteroatoms. The van der Waals surface area contributed by atoms with Crippen LogP contribution < -0.4 is 10.5 Å². The summed E-state index contributed by atoms with van der Waals surface area (Å²) < 4.78 is 5.22. The molecule has 118 valence electrons. The van der Waals surface area contributed by atoms with Gasteiger partial charge < -0.3 is 15.4 Å². The van der Waals surface area contributed by atoms with E-state index in [0.29, 0.717) is 16.8 Å². The summed E-state index contributed by atoms with van der Waals surface area (Å²) in [6.45, 7) is 3.93. The smallest absolute Gasteiger partial charge is 0.213 e. The summed E-state index contributed by atoms with van der Waals surface area (Å²) in [6, 6.07) is 3.74. The molecular formula is C16H21ClN4O. The SMILES string of the molecule is COc1ccc2ncc(Cl)c(CCN3CC[C@@H](CN)C3)c2n1. The number of rotatable bonds is 5. The van der Waals surface area contributed by atoms with E-state index in [0.717, 1.165) is 49.2 Å². The minimum atomic E-state index is 0.585. The summed E-state index contributed by atoms with van der Waals surface area (Å²) in [5.41, 5.74) is 8.48. The third-order valence-electron chi connectivity index (χ3n) is 4.33. The van der Waals surface area contributed by atoms with Crippen molar-refractivity contribution >= 4 is 22.6 Å². The first-order valence-electron chi connectivity index (χ1n) is 7.61. The first-order valence-corrected chi connectivity index (χ1v) is 7.99. The lowest BCUT2D eigenvalue weighted by Gasteiger charge is -2.16. The van der Waals surface area contributed by atoms with Crippen LogP contribution in [0.4, 0.5) is 0 Å². The Bertz CT molecular complexity index is 664. The molecule has 0 spiro atoms. The maximum Gasteiger partial charge on any atom is 0.213 e. The fourth-order valence-corrected chi connectivity index (χ4v) is 3.24. The Kier molecular flexibility index (Phi) is 4.76. The number of aromatic nitrogens is 2. The second-order valence-corrected chi connectivity index (χ2v) is 6.15. The van der Waals surface area contributed by atoms with E-state index in [1.54, 1.807) is 13.3 Å². The molecule has 0 amide bonds. The summed E-state index contributed by atoms with van der Waals surface area (Å²) >= 11 is 6.36. The topological polar surface area (TPSA) is 64.3 Å². The molecule has 1 atom stereocenters. The number of nitrogens with zero attached hydrogens (tertiary/aromatic N) is 3. The molecule has 1 aliphatic rings. The number of hydrogen-bond donors (Lipinski definition) is 1. The predicted octanol–water partition coefficient (Wildman–Crippen LogP) is 2.11. The van der Waals surface area contributed by atoms with Crippen LogP contribution in [-0.2, 0) is 6.42 Å². The third-order valence-corrected chi connectivity index (χ3v) is 4.66. The number of methoxy groups -OCH3 is 1. The van der Waals surface area contributed by atoms with Crippen LogP contribution in [0.5, 0.6) is 5.88 Å². The number of fused-ring (bicyclic) bond motifs is 1. The van der Waals surface area contributed by atoms with E-state index in [1.807, 2.05) is 12.1 Å². The highest BCUT2D eigenvalue weighted by atomic mass is 35.5. The second kappa shape index (κ2) is 6.77. The molecular weight excluding hydrogens is 300 g/mol. The van der Waals surface area contributed by atoms with Gasteiger partial charge in [0.1, 0.15) is 0 Å². The first kappa shape index (κ1) is 15.5. The molecule has 5 nitrogen and oxygen atoms in total. The lowest BCUT2D eigenvalue weighted by Crippen LogP contribution is -2.25. The van der Waals surface area contributed by atoms with Crippen molar-refractivity contribution in [3.05, 3.63) is 28.9 Å². The predicted molar refractivity (Wildman–Crippen MR) is 88.4 cm³/mol. The van der Waals surface area contributed by atoms with E-state index in [1.165, 1.54) is 6.42 Å². The van der Waals surface area contributed by atoms with Gasteiger partial charge in [0.2, 0.25) is 5.88 Å². The number of nitrogens with two attached hydrogens (primary N) is 1. The van der Waals surface area contributed by atoms with Gasteiger partial charge >= 0.3 is 0 Å². The van der Waals surface area contributed by atoms with E-state index in [2.05, 4.69) is 14.9 Å². The summed E-state index contributed by atoms with van der Waals surface area (Å²) in [7, 11) is 1.61. The van der Waals surface area contributed by atoms with Gasteiger partial charge in [0, 0.05) is 30.9 Å². The average molecular weight is 321 g/mol. The quantitative estimate of drug-likeness (QED) is 0.914. The lowest BCUT2D eigenvalue weighted by atomic mass is 10.1. The maximum atomic E-state index is 6.36. The van der Waals surface area contributed by atoms with Crippen LogP contribution in [0.3, 0.4) is 0 Å². The van der Waals surface area contributed by atoms with Crippen LogP contribution in [0.2, 0.25) is 5.02 Å². The maximum absolute atomic E-state index is 6.36. The molecule has 1 aliphatic heterocycles. The van der Waals surface area contributed by atoms with E-state index in [9.17, 15) is 0 Å². The largest absolute Gasteiger partial charge is 0.481 e. The van der Waals surface area contributed by atoms with Crippen LogP contribution in [0.25, 0.3) is 11.0 Å². The van der Waals surface area contributed by atoms with Crippen molar-refractivity contribution in [3.63, 3.8) is 0 Å². The zero-order valence-electron chi connectivity index (χ0n) is 12.8. The zero-order chi connectivity index (χ0) is 15.5. The Morgan fingerprint density at radius 3 is 3.05 bits per heavy atom. The van der Waals surface area contributed by atoms with Gasteiger partial charge in [0.05, 0.1) is 23.2 Å². The normalized spacial score (nSPS) is 19.0. The highest BCUT2D eigenvalue weighted by Crippen LogP contribution is 2.26. The van der Waals surface area contributed by atoms with Crippen LogP contribution in [0.15, 0.2) is 18.3 Å². The van der Waals surface area contributed by atoms with Crippen molar-refractivity contribution in [1.29, 1.82) is 0 Å². The van der Waals surface area contributed by atoms with Crippen molar-refractivity contribution in [3.8, 4) is 5.88 Å². The molecule has 0 aliphatic carbocycles. The van der Waals surface area contributed by atoms with E-state index in [4.69, 9.17) is 22.1 Å². The van der Waals surface area contributed by atoms with Gasteiger partial charge in [-0.05, 0) is 37.9 Å². The van der Waals surface area contributed by atoms with E-state index >= 15 is 0 Å². The molecule has 0 aromatic carbocycles. The first-order chi connectivity index (χ1) is 10.7. The third kappa shape index (κ3) is 3.16. The van der Waals surface area contributed by atoms with Crippen molar-refractivity contribution in [2.45, 2.75) is 12.8 Å². The van der Waals surface area contributed by atoms with Crippen LogP contribution in [0, 0.1) is 5.92 Å². The molecule has 0 bridgehead atoms. The van der Waals surface area contributed by atoms with E-state index in [-0.39, 0.29) is 0 Å². The minimum Gasteiger partial charge on any atom is -0.481 e. The number of halogens is 1. The monoisotopic (exact) mass is 320 g/mol. The molecule has 0 saturated carbocycles. The standard InChI is InChI=1S/C16H21ClN4O/c1-22-15-3-2-14-16(20-15)12(13(17)9-19-14)5-7-21-6-4-11(8-18)10-21/h2-3,9,11H,4-8,10,18H2,1H3/t11-/m0/s1. The Morgan fingerprint density at radius 1 is 1.45 bits per heavy atom. The Hall–Kier alpha value is -1.43. The van der Waals surface area contributed by atoms with Crippen LogP contribution in [0.1, 0.15) is 12.0 Å². The van der Waals surface area contributed by atoms with Crippen molar-refractivity contribution in [2.24, 2.45) is 11.7 Å². The highest BCUT2D eigenvalue weighted by Gasteiger charge is 2.21. The van der Waals surface area contributed by atoms with E-state index < -0.39 is 0 Å². The number of ether oxygens (including phenoxy) is 1. The minimum absolute atomic E-state index is 0.585. The second-order valence-electron chi connectivity index (χ2n) is 5.75. The molecule has 3 rings (SSSR count). The van der Waals surface area contributed by atoms with Crippen molar-refractivity contribution in [1.82, 2.24) is 14.9 Å².